The number of fused-ring (bicyclic) bond motifs is 5. The fourth-order valence-corrected chi connectivity index (χ4v) is 3.98. The fraction of sp³-hybridized carbons (Fsp3) is 0.750. The Bertz CT molecular complexity index is 549. The lowest BCUT2D eigenvalue weighted by atomic mass is 9.81. The Kier molecular flexibility index (Phi) is 4.58. The molecule has 2 bridgehead atoms. The Morgan fingerprint density at radius 3 is 2.33 bits per heavy atom. The van der Waals surface area contributed by atoms with E-state index in [0.29, 0.717) is 12.8 Å². The summed E-state index contributed by atoms with van der Waals surface area (Å²) in [4.78, 5) is 49.2. The third-order valence-corrected chi connectivity index (χ3v) is 5.16. The predicted molar refractivity (Wildman–Crippen MR) is 80.7 cm³/mol. The highest BCUT2D eigenvalue weighted by molar-refractivity contribution is 6.08. The smallest absolute Gasteiger partial charge is 0.326 e. The molecule has 3 amide bonds. The summed E-state index contributed by atoms with van der Waals surface area (Å²) in [6.45, 7) is 1.51. The van der Waals surface area contributed by atoms with Crippen molar-refractivity contribution in [2.45, 2.75) is 57.3 Å². The van der Waals surface area contributed by atoms with Gasteiger partial charge in [0.15, 0.2) is 0 Å². The number of ether oxygens (including phenoxy) is 1. The van der Waals surface area contributed by atoms with Crippen LogP contribution in [0.25, 0.3) is 0 Å². The molecule has 132 valence electrons. The molecule has 8 heteroatoms. The van der Waals surface area contributed by atoms with Gasteiger partial charge in [0.2, 0.25) is 17.7 Å². The van der Waals surface area contributed by atoms with Crippen molar-refractivity contribution in [3.05, 3.63) is 0 Å². The zero-order valence-corrected chi connectivity index (χ0v) is 13.6. The molecule has 3 saturated heterocycles. The SMILES string of the molecule is CCCCC(NC(=O)CN1C(=O)C2C3CCC(O3)C2C1=O)C(=O)O. The Hall–Kier alpha value is -1.96. The van der Waals surface area contributed by atoms with Crippen molar-refractivity contribution in [2.24, 2.45) is 11.8 Å². The van der Waals surface area contributed by atoms with Crippen molar-refractivity contribution < 1.29 is 29.0 Å². The fourth-order valence-electron chi connectivity index (χ4n) is 3.98. The van der Waals surface area contributed by atoms with Crippen molar-refractivity contribution in [1.29, 1.82) is 0 Å². The Labute approximate surface area is 139 Å². The number of carbonyl (C=O) groups is 4. The van der Waals surface area contributed by atoms with Crippen LogP contribution in [0.5, 0.6) is 0 Å². The molecule has 24 heavy (non-hydrogen) atoms. The summed E-state index contributed by atoms with van der Waals surface area (Å²) < 4.78 is 5.63. The first-order valence-electron chi connectivity index (χ1n) is 8.47. The number of rotatable bonds is 7. The van der Waals surface area contributed by atoms with E-state index < -0.39 is 36.3 Å². The number of nitrogens with one attached hydrogen (secondary N) is 1. The lowest BCUT2D eigenvalue weighted by Crippen LogP contribution is -2.47. The minimum atomic E-state index is -1.11. The molecule has 3 heterocycles. The first-order valence-corrected chi connectivity index (χ1v) is 8.47. The summed E-state index contributed by atoms with van der Waals surface area (Å²) in [6.07, 6.45) is 2.90. The molecule has 2 N–H and O–H groups in total. The number of aliphatic carboxylic acids is 1. The highest BCUT2D eigenvalue weighted by Gasteiger charge is 2.62. The summed E-state index contributed by atoms with van der Waals surface area (Å²) >= 11 is 0. The van der Waals surface area contributed by atoms with Crippen molar-refractivity contribution in [1.82, 2.24) is 10.2 Å². The number of carboxylic acid groups (broad SMARTS) is 1. The number of unbranched alkanes of at least 4 members (excludes halogenated alkanes) is 1. The third-order valence-electron chi connectivity index (χ3n) is 5.16. The molecule has 3 fully saturated rings. The molecule has 0 saturated carbocycles. The maximum absolute atomic E-state index is 12.4. The molecule has 3 aliphatic rings. The second-order valence-corrected chi connectivity index (χ2v) is 6.71. The van der Waals surface area contributed by atoms with Crippen molar-refractivity contribution in [3.8, 4) is 0 Å². The molecule has 3 aliphatic heterocycles. The van der Waals surface area contributed by atoms with Gasteiger partial charge in [0, 0.05) is 0 Å². The van der Waals surface area contributed by atoms with Crippen molar-refractivity contribution in [2.75, 3.05) is 6.54 Å². The average Bonchev–Trinajstić information content (AvgIpc) is 3.21. The van der Waals surface area contributed by atoms with E-state index in [-0.39, 0.29) is 24.0 Å². The number of nitrogens with zero attached hydrogens (tertiary/aromatic N) is 1. The van der Waals surface area contributed by atoms with Gasteiger partial charge in [-0.2, -0.15) is 0 Å². The number of carboxylic acids is 1. The van der Waals surface area contributed by atoms with E-state index in [1.807, 2.05) is 6.92 Å². The van der Waals surface area contributed by atoms with Gasteiger partial charge in [-0.1, -0.05) is 19.8 Å². The number of hydrogen-bond donors (Lipinski definition) is 2. The lowest BCUT2D eigenvalue weighted by molar-refractivity contribution is -0.146. The highest BCUT2D eigenvalue weighted by atomic mass is 16.5. The van der Waals surface area contributed by atoms with Crippen molar-refractivity contribution in [3.63, 3.8) is 0 Å². The molecule has 0 aromatic carbocycles. The number of amides is 3. The first kappa shape index (κ1) is 16.9. The van der Waals surface area contributed by atoms with Gasteiger partial charge in [-0.25, -0.2) is 4.79 Å². The highest BCUT2D eigenvalue weighted by Crippen LogP contribution is 2.48. The van der Waals surface area contributed by atoms with E-state index >= 15 is 0 Å². The van der Waals surface area contributed by atoms with Gasteiger partial charge in [-0.15, -0.1) is 0 Å². The van der Waals surface area contributed by atoms with Crippen LogP contribution in [0.3, 0.4) is 0 Å². The van der Waals surface area contributed by atoms with E-state index in [4.69, 9.17) is 9.84 Å². The molecule has 8 nitrogen and oxygen atoms in total. The minimum absolute atomic E-state index is 0.221. The van der Waals surface area contributed by atoms with Gasteiger partial charge in [-0.05, 0) is 19.3 Å². The average molecular weight is 338 g/mol. The van der Waals surface area contributed by atoms with Crippen LogP contribution in [0.1, 0.15) is 39.0 Å². The van der Waals surface area contributed by atoms with E-state index in [1.165, 1.54) is 0 Å². The van der Waals surface area contributed by atoms with Crippen LogP contribution in [0.2, 0.25) is 0 Å². The molecular weight excluding hydrogens is 316 g/mol. The zero-order chi connectivity index (χ0) is 17.4. The van der Waals surface area contributed by atoms with Gasteiger partial charge >= 0.3 is 5.97 Å². The Morgan fingerprint density at radius 1 is 1.25 bits per heavy atom. The molecule has 0 radical (unpaired) electrons. The standard InChI is InChI=1S/C16H22N2O6/c1-2-3-4-8(16(22)23)17-11(19)7-18-14(20)12-9-5-6-10(24-9)13(12)15(18)21/h8-10,12-13H,2-7H2,1H3,(H,17,19)(H,22,23). The van der Waals surface area contributed by atoms with Gasteiger partial charge in [0.1, 0.15) is 12.6 Å². The number of likely N-dealkylation sites (tertiary alicyclic amines) is 1. The van der Waals surface area contributed by atoms with Crippen LogP contribution >= 0.6 is 0 Å². The minimum Gasteiger partial charge on any atom is -0.480 e. The number of imide groups is 1. The second-order valence-electron chi connectivity index (χ2n) is 6.71. The Morgan fingerprint density at radius 2 is 1.83 bits per heavy atom. The van der Waals surface area contributed by atoms with Crippen molar-refractivity contribution >= 4 is 23.7 Å². The largest absolute Gasteiger partial charge is 0.480 e. The molecule has 5 atom stereocenters. The molecule has 3 rings (SSSR count). The van der Waals surface area contributed by atoms with Crippen LogP contribution in [-0.4, -0.2) is 58.5 Å². The summed E-state index contributed by atoms with van der Waals surface area (Å²) in [5.41, 5.74) is 0. The number of hydrogen-bond acceptors (Lipinski definition) is 5. The van der Waals surface area contributed by atoms with Crippen LogP contribution < -0.4 is 5.32 Å². The van der Waals surface area contributed by atoms with Crippen LogP contribution in [-0.2, 0) is 23.9 Å². The second kappa shape index (κ2) is 6.51. The normalized spacial score (nSPS) is 32.1. The molecule has 0 aromatic heterocycles. The van der Waals surface area contributed by atoms with E-state index in [9.17, 15) is 19.2 Å². The van der Waals surface area contributed by atoms with Crippen LogP contribution in [0.4, 0.5) is 0 Å². The van der Waals surface area contributed by atoms with Crippen LogP contribution in [0, 0.1) is 11.8 Å². The van der Waals surface area contributed by atoms with E-state index in [0.717, 1.165) is 24.2 Å². The quantitative estimate of drug-likeness (QED) is 0.627. The monoisotopic (exact) mass is 338 g/mol. The molecular formula is C16H22N2O6. The van der Waals surface area contributed by atoms with E-state index in [1.54, 1.807) is 0 Å². The first-order chi connectivity index (χ1) is 11.4. The van der Waals surface area contributed by atoms with E-state index in [2.05, 4.69) is 5.32 Å². The maximum atomic E-state index is 12.4. The van der Waals surface area contributed by atoms with Gasteiger partial charge in [0.05, 0.1) is 24.0 Å². The summed E-state index contributed by atoms with van der Waals surface area (Å²) in [5.74, 6) is -3.41. The maximum Gasteiger partial charge on any atom is 0.326 e. The Balaban J connectivity index is 1.61. The van der Waals surface area contributed by atoms with Gasteiger partial charge in [0.25, 0.3) is 0 Å². The zero-order valence-electron chi connectivity index (χ0n) is 13.6. The lowest BCUT2D eigenvalue weighted by Gasteiger charge is -2.19. The number of carbonyl (C=O) groups excluding carboxylic acids is 3. The third kappa shape index (κ3) is 2.79. The summed E-state index contributed by atoms with van der Waals surface area (Å²) in [7, 11) is 0. The predicted octanol–water partition coefficient (Wildman–Crippen LogP) is -0.0916. The molecule has 0 spiro atoms. The molecule has 0 aliphatic carbocycles. The van der Waals surface area contributed by atoms with Gasteiger partial charge < -0.3 is 15.2 Å². The molecule has 5 unspecified atom stereocenters. The summed E-state index contributed by atoms with van der Waals surface area (Å²) in [5, 5.41) is 11.6. The van der Waals surface area contributed by atoms with Crippen LogP contribution in [0.15, 0.2) is 0 Å². The topological polar surface area (TPSA) is 113 Å². The summed E-state index contributed by atoms with van der Waals surface area (Å²) in [6, 6.07) is -0.996. The molecule has 0 aromatic rings. The van der Waals surface area contributed by atoms with Gasteiger partial charge in [-0.3, -0.25) is 19.3 Å².